The van der Waals surface area contributed by atoms with Crippen molar-refractivity contribution in [3.63, 3.8) is 0 Å². The number of nitrogens with one attached hydrogen (secondary N) is 1. The third-order valence-corrected chi connectivity index (χ3v) is 3.40. The van der Waals surface area contributed by atoms with Gasteiger partial charge in [-0.25, -0.2) is 0 Å². The summed E-state index contributed by atoms with van der Waals surface area (Å²) in [6, 6.07) is 7.17. The molecular weight excluding hydrogens is 224 g/mol. The van der Waals surface area contributed by atoms with Gasteiger partial charge in [-0.15, -0.1) is 0 Å². The molecule has 88 valence electrons. The molecule has 1 N–H and O–H groups in total. The summed E-state index contributed by atoms with van der Waals surface area (Å²) in [5.74, 6) is 0. The van der Waals surface area contributed by atoms with Gasteiger partial charge in [0, 0.05) is 12.1 Å². The molecule has 4 nitrogen and oxygen atoms in total. The Labute approximate surface area is 99.7 Å². The highest BCUT2D eigenvalue weighted by Gasteiger charge is 2.13. The van der Waals surface area contributed by atoms with Gasteiger partial charge in [-0.2, -0.15) is 0 Å². The number of benzene rings is 1. The third kappa shape index (κ3) is 3.50. The molecule has 0 aliphatic carbocycles. The largest absolute Gasteiger partial charge is 0.284 e. The highest BCUT2D eigenvalue weighted by molar-refractivity contribution is 7.97. The normalized spacial score (nSPS) is 10.7. The predicted molar refractivity (Wildman–Crippen MR) is 66.5 cm³/mol. The average Bonchev–Trinajstić information content (AvgIpc) is 2.30. The summed E-state index contributed by atoms with van der Waals surface area (Å²) < 4.78 is 3.24. The third-order valence-electron chi connectivity index (χ3n) is 2.38. The molecule has 0 spiro atoms. The first-order valence-corrected chi connectivity index (χ1v) is 6.16. The molecule has 1 aromatic carbocycles. The first-order chi connectivity index (χ1) is 7.69. The SMILES string of the molecule is CCC(CC)NSc1ccccc1[N+](=O)[O-]. The summed E-state index contributed by atoms with van der Waals surface area (Å²) in [5, 5.41) is 10.8. The average molecular weight is 240 g/mol. The van der Waals surface area contributed by atoms with E-state index in [4.69, 9.17) is 0 Å². The van der Waals surface area contributed by atoms with E-state index in [0.717, 1.165) is 12.8 Å². The molecule has 0 fully saturated rings. The number of nitro groups is 1. The lowest BCUT2D eigenvalue weighted by atomic mass is 10.2. The van der Waals surface area contributed by atoms with E-state index >= 15 is 0 Å². The van der Waals surface area contributed by atoms with Gasteiger partial charge in [-0.1, -0.05) is 26.0 Å². The van der Waals surface area contributed by atoms with E-state index in [0.29, 0.717) is 10.9 Å². The van der Waals surface area contributed by atoms with E-state index in [1.165, 1.54) is 18.0 Å². The summed E-state index contributed by atoms with van der Waals surface area (Å²) >= 11 is 1.34. The van der Waals surface area contributed by atoms with Gasteiger partial charge >= 0.3 is 0 Å². The molecule has 0 radical (unpaired) electrons. The Kier molecular flexibility index (Phi) is 5.28. The first-order valence-electron chi connectivity index (χ1n) is 5.34. The fourth-order valence-electron chi connectivity index (χ4n) is 1.30. The molecular formula is C11H16N2O2S. The Balaban J connectivity index is 2.69. The van der Waals surface area contributed by atoms with Gasteiger partial charge in [0.05, 0.1) is 4.92 Å². The number of hydrogen-bond donors (Lipinski definition) is 1. The van der Waals surface area contributed by atoms with Crippen LogP contribution in [-0.2, 0) is 0 Å². The smallest absolute Gasteiger partial charge is 0.258 e. The van der Waals surface area contributed by atoms with Crippen molar-refractivity contribution in [1.82, 2.24) is 4.72 Å². The number of hydrogen-bond acceptors (Lipinski definition) is 4. The number of rotatable bonds is 6. The van der Waals surface area contributed by atoms with Crippen molar-refractivity contribution in [3.8, 4) is 0 Å². The van der Waals surface area contributed by atoms with Crippen LogP contribution in [0.15, 0.2) is 29.2 Å². The molecule has 0 saturated heterocycles. The van der Waals surface area contributed by atoms with E-state index in [-0.39, 0.29) is 10.6 Å². The Morgan fingerprint density at radius 3 is 2.56 bits per heavy atom. The maximum Gasteiger partial charge on any atom is 0.284 e. The second-order valence-corrected chi connectivity index (χ2v) is 4.34. The highest BCUT2D eigenvalue weighted by Crippen LogP contribution is 2.27. The molecule has 1 aromatic rings. The molecule has 0 amide bonds. The fourth-order valence-corrected chi connectivity index (χ4v) is 2.32. The van der Waals surface area contributed by atoms with E-state index in [9.17, 15) is 10.1 Å². The van der Waals surface area contributed by atoms with Crippen LogP contribution in [0.3, 0.4) is 0 Å². The van der Waals surface area contributed by atoms with Crippen LogP contribution < -0.4 is 4.72 Å². The van der Waals surface area contributed by atoms with E-state index in [2.05, 4.69) is 18.6 Å². The topological polar surface area (TPSA) is 55.2 Å². The zero-order valence-corrected chi connectivity index (χ0v) is 10.3. The highest BCUT2D eigenvalue weighted by atomic mass is 32.2. The van der Waals surface area contributed by atoms with Crippen LogP contribution in [0.1, 0.15) is 26.7 Å². The lowest BCUT2D eigenvalue weighted by Gasteiger charge is -2.13. The molecule has 0 atom stereocenters. The number of nitro benzene ring substituents is 1. The van der Waals surface area contributed by atoms with Crippen molar-refractivity contribution in [2.45, 2.75) is 37.6 Å². The fraction of sp³-hybridized carbons (Fsp3) is 0.455. The maximum atomic E-state index is 10.8. The second-order valence-electron chi connectivity index (χ2n) is 3.46. The number of nitrogens with zero attached hydrogens (tertiary/aromatic N) is 1. The summed E-state index contributed by atoms with van der Waals surface area (Å²) in [6.07, 6.45) is 2.04. The molecule has 5 heteroatoms. The molecule has 0 aliphatic rings. The Hall–Kier alpha value is -1.07. The van der Waals surface area contributed by atoms with Crippen molar-refractivity contribution in [3.05, 3.63) is 34.4 Å². The quantitative estimate of drug-likeness (QED) is 0.470. The van der Waals surface area contributed by atoms with Gasteiger partial charge in [-0.3, -0.25) is 14.8 Å². The summed E-state index contributed by atoms with van der Waals surface area (Å²) in [4.78, 5) is 11.1. The van der Waals surface area contributed by atoms with Crippen LogP contribution in [-0.4, -0.2) is 11.0 Å². The van der Waals surface area contributed by atoms with Crippen LogP contribution in [0.5, 0.6) is 0 Å². The lowest BCUT2D eigenvalue weighted by molar-refractivity contribution is -0.387. The van der Waals surface area contributed by atoms with Crippen molar-refractivity contribution in [2.24, 2.45) is 0 Å². The zero-order valence-electron chi connectivity index (χ0n) is 9.47. The monoisotopic (exact) mass is 240 g/mol. The van der Waals surface area contributed by atoms with Gasteiger partial charge in [0.2, 0.25) is 0 Å². The minimum Gasteiger partial charge on any atom is -0.258 e. The lowest BCUT2D eigenvalue weighted by Crippen LogP contribution is -2.20. The van der Waals surface area contributed by atoms with Gasteiger partial charge in [0.1, 0.15) is 4.90 Å². The Morgan fingerprint density at radius 1 is 1.38 bits per heavy atom. The van der Waals surface area contributed by atoms with E-state index in [1.54, 1.807) is 12.1 Å². The maximum absolute atomic E-state index is 10.8. The molecule has 0 unspecified atom stereocenters. The van der Waals surface area contributed by atoms with E-state index < -0.39 is 0 Å². The number of para-hydroxylation sites is 1. The molecule has 1 rings (SSSR count). The van der Waals surface area contributed by atoms with Crippen LogP contribution in [0, 0.1) is 10.1 Å². The zero-order chi connectivity index (χ0) is 12.0. The molecule has 16 heavy (non-hydrogen) atoms. The Bertz CT molecular complexity index is 354. The summed E-state index contributed by atoms with van der Waals surface area (Å²) in [6.45, 7) is 4.20. The molecule has 0 heterocycles. The predicted octanol–water partition coefficient (Wildman–Crippen LogP) is 3.38. The first kappa shape index (κ1) is 13.0. The molecule has 0 saturated carbocycles. The Morgan fingerprint density at radius 2 is 2.00 bits per heavy atom. The van der Waals surface area contributed by atoms with Crippen LogP contribution in [0.25, 0.3) is 0 Å². The molecule has 0 bridgehead atoms. The van der Waals surface area contributed by atoms with Crippen molar-refractivity contribution in [1.29, 1.82) is 0 Å². The second kappa shape index (κ2) is 6.50. The van der Waals surface area contributed by atoms with Gasteiger partial charge in [0.25, 0.3) is 5.69 Å². The van der Waals surface area contributed by atoms with Crippen molar-refractivity contribution < 1.29 is 4.92 Å². The molecule has 0 aliphatic heterocycles. The minimum absolute atomic E-state index is 0.158. The van der Waals surface area contributed by atoms with Gasteiger partial charge < -0.3 is 0 Å². The van der Waals surface area contributed by atoms with Crippen LogP contribution in [0.4, 0.5) is 5.69 Å². The van der Waals surface area contributed by atoms with Crippen molar-refractivity contribution >= 4 is 17.6 Å². The van der Waals surface area contributed by atoms with Crippen molar-refractivity contribution in [2.75, 3.05) is 0 Å². The summed E-state index contributed by atoms with van der Waals surface area (Å²) in [7, 11) is 0. The van der Waals surface area contributed by atoms with Crippen LogP contribution >= 0.6 is 11.9 Å². The van der Waals surface area contributed by atoms with Gasteiger partial charge in [0.15, 0.2) is 0 Å². The standard InChI is InChI=1S/C11H16N2O2S/c1-3-9(4-2)12-16-11-8-6-5-7-10(11)13(14)15/h5-9,12H,3-4H2,1-2H3. The summed E-state index contributed by atoms with van der Waals surface area (Å²) in [5.41, 5.74) is 0.158. The molecule has 0 aromatic heterocycles. The van der Waals surface area contributed by atoms with Crippen LogP contribution in [0.2, 0.25) is 0 Å². The minimum atomic E-state index is -0.350. The van der Waals surface area contributed by atoms with Gasteiger partial charge in [-0.05, 0) is 30.9 Å². The van der Waals surface area contributed by atoms with E-state index in [1.807, 2.05) is 6.07 Å².